The Morgan fingerprint density at radius 2 is 1.72 bits per heavy atom. The van der Waals surface area contributed by atoms with Gasteiger partial charge in [-0.25, -0.2) is 4.39 Å². The van der Waals surface area contributed by atoms with Gasteiger partial charge in [0, 0.05) is 11.3 Å². The van der Waals surface area contributed by atoms with Crippen LogP contribution in [0.5, 0.6) is 0 Å². The molecule has 1 amide bonds. The number of hydrogen-bond donors (Lipinski definition) is 1. The van der Waals surface area contributed by atoms with E-state index < -0.39 is 0 Å². The Morgan fingerprint density at radius 1 is 1.00 bits per heavy atom. The number of amides is 1. The molecule has 0 unspecified atom stereocenters. The maximum atomic E-state index is 13.0. The van der Waals surface area contributed by atoms with Crippen molar-refractivity contribution in [3.63, 3.8) is 0 Å². The summed E-state index contributed by atoms with van der Waals surface area (Å²) in [6.07, 6.45) is 5.98. The van der Waals surface area contributed by atoms with Gasteiger partial charge in [-0.05, 0) is 48.2 Å². The van der Waals surface area contributed by atoms with Crippen LogP contribution in [-0.4, -0.2) is 16.1 Å². The average molecular weight is 430 g/mol. The van der Waals surface area contributed by atoms with Crippen LogP contribution in [0.1, 0.15) is 54.1 Å². The topological polar surface area (TPSA) is 54.9 Å². The van der Waals surface area contributed by atoms with Gasteiger partial charge in [-0.2, -0.15) is 0 Å². The number of hydrogen-bond acceptors (Lipinski definition) is 5. The number of anilines is 1. The molecule has 152 valence electrons. The monoisotopic (exact) mass is 429 g/mol. The van der Waals surface area contributed by atoms with Gasteiger partial charge in [-0.15, -0.1) is 10.2 Å². The Labute approximate surface area is 179 Å². The molecule has 0 aliphatic heterocycles. The summed E-state index contributed by atoms with van der Waals surface area (Å²) in [7, 11) is 0. The number of benzene rings is 2. The van der Waals surface area contributed by atoms with Crippen molar-refractivity contribution in [1.82, 2.24) is 10.2 Å². The zero-order chi connectivity index (χ0) is 20.5. The molecular weight excluding hydrogens is 405 g/mol. The molecule has 0 aliphatic rings. The molecule has 7 heteroatoms. The second-order valence-electron chi connectivity index (χ2n) is 6.75. The third-order valence-electron chi connectivity index (χ3n) is 4.44. The zero-order valence-electron chi connectivity index (χ0n) is 16.4. The molecule has 29 heavy (non-hydrogen) atoms. The summed E-state index contributed by atoms with van der Waals surface area (Å²) in [4.78, 5) is 12.4. The molecule has 0 radical (unpaired) electrons. The number of aromatic nitrogens is 2. The first-order chi connectivity index (χ1) is 14.1. The SMILES string of the molecule is CCCCCCc1ccc(C(=O)Nc2nnc(SCc3ccc(F)cc3)s2)cc1. The van der Waals surface area contributed by atoms with E-state index in [1.165, 1.54) is 66.5 Å². The van der Waals surface area contributed by atoms with Crippen LogP contribution in [0, 0.1) is 5.82 Å². The molecule has 0 aliphatic carbocycles. The Bertz CT molecular complexity index is 911. The molecule has 4 nitrogen and oxygen atoms in total. The minimum atomic E-state index is -0.246. The Hall–Kier alpha value is -2.25. The summed E-state index contributed by atoms with van der Waals surface area (Å²) in [6.45, 7) is 2.21. The molecular formula is C22H24FN3OS2. The third-order valence-corrected chi connectivity index (χ3v) is 6.48. The summed E-state index contributed by atoms with van der Waals surface area (Å²) in [6, 6.07) is 14.1. The zero-order valence-corrected chi connectivity index (χ0v) is 18.0. The van der Waals surface area contributed by atoms with Crippen molar-refractivity contribution in [2.75, 3.05) is 5.32 Å². The van der Waals surface area contributed by atoms with E-state index in [4.69, 9.17) is 0 Å². The maximum absolute atomic E-state index is 13.0. The second kappa shape index (κ2) is 11.1. The summed E-state index contributed by atoms with van der Waals surface area (Å²) in [5.74, 6) is 0.237. The molecule has 0 spiro atoms. The lowest BCUT2D eigenvalue weighted by atomic mass is 10.0. The average Bonchev–Trinajstić information content (AvgIpc) is 3.18. The van der Waals surface area contributed by atoms with E-state index >= 15 is 0 Å². The van der Waals surface area contributed by atoms with Gasteiger partial charge in [0.05, 0.1) is 0 Å². The highest BCUT2D eigenvalue weighted by atomic mass is 32.2. The second-order valence-corrected chi connectivity index (χ2v) is 8.95. The maximum Gasteiger partial charge on any atom is 0.257 e. The normalized spacial score (nSPS) is 10.8. The molecule has 2 aromatic carbocycles. The van der Waals surface area contributed by atoms with Crippen LogP contribution in [0.2, 0.25) is 0 Å². The van der Waals surface area contributed by atoms with Gasteiger partial charge in [0.1, 0.15) is 5.82 Å². The summed E-state index contributed by atoms with van der Waals surface area (Å²) in [5, 5.41) is 11.4. The van der Waals surface area contributed by atoms with E-state index in [0.717, 1.165) is 16.3 Å². The minimum Gasteiger partial charge on any atom is -0.296 e. The van der Waals surface area contributed by atoms with Crippen molar-refractivity contribution in [3.05, 3.63) is 71.0 Å². The van der Waals surface area contributed by atoms with Crippen LogP contribution >= 0.6 is 23.1 Å². The number of carbonyl (C=O) groups is 1. The Morgan fingerprint density at radius 3 is 2.45 bits per heavy atom. The molecule has 0 atom stereocenters. The highest BCUT2D eigenvalue weighted by Gasteiger charge is 2.11. The van der Waals surface area contributed by atoms with E-state index in [0.29, 0.717) is 16.4 Å². The summed E-state index contributed by atoms with van der Waals surface area (Å²) < 4.78 is 13.7. The number of rotatable bonds is 10. The fourth-order valence-corrected chi connectivity index (χ4v) is 4.50. The first kappa shape index (κ1) is 21.5. The number of nitrogens with zero attached hydrogens (tertiary/aromatic N) is 2. The standard InChI is InChI=1S/C22H24FN3OS2/c1-2-3-4-5-6-16-7-11-18(12-8-16)20(27)24-21-25-26-22(29-21)28-15-17-9-13-19(23)14-10-17/h7-14H,2-6,15H2,1H3,(H,24,25,27). The van der Waals surface area contributed by atoms with Crippen LogP contribution in [0.15, 0.2) is 52.9 Å². The van der Waals surface area contributed by atoms with Crippen LogP contribution in [0.3, 0.4) is 0 Å². The predicted octanol–water partition coefficient (Wildman–Crippen LogP) is 6.34. The molecule has 1 aromatic heterocycles. The molecule has 0 saturated heterocycles. The lowest BCUT2D eigenvalue weighted by Crippen LogP contribution is -2.11. The van der Waals surface area contributed by atoms with Crippen molar-refractivity contribution < 1.29 is 9.18 Å². The molecule has 3 rings (SSSR count). The number of unbranched alkanes of at least 4 members (excludes halogenated alkanes) is 3. The van der Waals surface area contributed by atoms with Crippen molar-refractivity contribution in [3.8, 4) is 0 Å². The van der Waals surface area contributed by atoms with Gasteiger partial charge < -0.3 is 0 Å². The first-order valence-electron chi connectivity index (χ1n) is 9.75. The van der Waals surface area contributed by atoms with E-state index in [1.807, 2.05) is 24.3 Å². The van der Waals surface area contributed by atoms with Crippen LogP contribution < -0.4 is 5.32 Å². The fourth-order valence-electron chi connectivity index (χ4n) is 2.79. The molecule has 0 fully saturated rings. The Kier molecular flexibility index (Phi) is 8.19. The molecule has 1 heterocycles. The number of thioether (sulfide) groups is 1. The lowest BCUT2D eigenvalue weighted by molar-refractivity contribution is 0.102. The molecule has 0 saturated carbocycles. The largest absolute Gasteiger partial charge is 0.296 e. The van der Waals surface area contributed by atoms with Gasteiger partial charge >= 0.3 is 0 Å². The van der Waals surface area contributed by atoms with Crippen LogP contribution in [0.25, 0.3) is 0 Å². The highest BCUT2D eigenvalue weighted by molar-refractivity contribution is 8.00. The van der Waals surface area contributed by atoms with Crippen molar-refractivity contribution >= 4 is 34.1 Å². The highest BCUT2D eigenvalue weighted by Crippen LogP contribution is 2.28. The van der Waals surface area contributed by atoms with Crippen molar-refractivity contribution in [2.45, 2.75) is 49.1 Å². The van der Waals surface area contributed by atoms with E-state index in [1.54, 1.807) is 12.1 Å². The van der Waals surface area contributed by atoms with Crippen molar-refractivity contribution in [2.24, 2.45) is 0 Å². The smallest absolute Gasteiger partial charge is 0.257 e. The van der Waals surface area contributed by atoms with E-state index in [-0.39, 0.29) is 11.7 Å². The fraction of sp³-hybridized carbons (Fsp3) is 0.318. The Balaban J connectivity index is 1.48. The van der Waals surface area contributed by atoms with Gasteiger partial charge in [0.25, 0.3) is 5.91 Å². The molecule has 3 aromatic rings. The number of aryl methyl sites for hydroxylation is 1. The number of carbonyl (C=O) groups excluding carboxylic acids is 1. The third kappa shape index (κ3) is 6.94. The van der Waals surface area contributed by atoms with Gasteiger partial charge in [-0.3, -0.25) is 10.1 Å². The lowest BCUT2D eigenvalue weighted by Gasteiger charge is -2.04. The first-order valence-corrected chi connectivity index (χ1v) is 11.6. The quantitative estimate of drug-likeness (QED) is 0.232. The summed E-state index contributed by atoms with van der Waals surface area (Å²) >= 11 is 2.84. The van der Waals surface area contributed by atoms with Crippen LogP contribution in [0.4, 0.5) is 9.52 Å². The molecule has 1 N–H and O–H groups in total. The van der Waals surface area contributed by atoms with Gasteiger partial charge in [0.15, 0.2) is 4.34 Å². The van der Waals surface area contributed by atoms with Gasteiger partial charge in [-0.1, -0.05) is 73.6 Å². The van der Waals surface area contributed by atoms with Crippen molar-refractivity contribution in [1.29, 1.82) is 0 Å². The summed E-state index contributed by atoms with van der Waals surface area (Å²) in [5.41, 5.74) is 2.87. The van der Waals surface area contributed by atoms with Crippen LogP contribution in [-0.2, 0) is 12.2 Å². The van der Waals surface area contributed by atoms with E-state index in [9.17, 15) is 9.18 Å². The van der Waals surface area contributed by atoms with E-state index in [2.05, 4.69) is 22.4 Å². The number of nitrogens with one attached hydrogen (secondary N) is 1. The predicted molar refractivity (Wildman–Crippen MR) is 118 cm³/mol. The number of halogens is 1. The molecule has 0 bridgehead atoms. The van der Waals surface area contributed by atoms with Gasteiger partial charge in [0.2, 0.25) is 5.13 Å². The minimum absolute atomic E-state index is 0.186.